The molecule has 0 saturated carbocycles. The van der Waals surface area contributed by atoms with Gasteiger partial charge in [-0.1, -0.05) is 102 Å². The lowest BCUT2D eigenvalue weighted by molar-refractivity contribution is -0.661. The molecule has 0 fully saturated rings. The fourth-order valence-electron chi connectivity index (χ4n) is 11.4. The van der Waals surface area contributed by atoms with Gasteiger partial charge in [0.05, 0.1) is 0 Å². The predicted molar refractivity (Wildman–Crippen MR) is 316 cm³/mol. The van der Waals surface area contributed by atoms with Gasteiger partial charge >= 0.3 is 0 Å². The molecule has 4 nitrogen and oxygen atoms in total. The summed E-state index contributed by atoms with van der Waals surface area (Å²) in [5.41, 5.74) is 28.0. The van der Waals surface area contributed by atoms with E-state index in [-0.39, 0.29) is 12.0 Å². The van der Waals surface area contributed by atoms with Crippen molar-refractivity contribution in [2.24, 2.45) is 28.2 Å². The van der Waals surface area contributed by atoms with Gasteiger partial charge in [0.2, 0.25) is 22.8 Å². The van der Waals surface area contributed by atoms with E-state index in [2.05, 4.69) is 204 Å². The van der Waals surface area contributed by atoms with Crippen LogP contribution in [-0.4, -0.2) is 0 Å². The Morgan fingerprint density at radius 2 is 0.737 bits per heavy atom. The first-order valence-electron chi connectivity index (χ1n) is 30.8. The second kappa shape index (κ2) is 23.7. The molecule has 5 aromatic carbocycles. The molecule has 0 atom stereocenters. The molecule has 0 radical (unpaired) electrons. The minimum absolute atomic E-state index is 0.199. The molecule has 4 heterocycles. The Bertz CT molecular complexity index is 3880. The number of pyridine rings is 4. The van der Waals surface area contributed by atoms with E-state index in [4.69, 9.17) is 9.60 Å². The molecule has 4 heteroatoms. The van der Waals surface area contributed by atoms with Crippen LogP contribution < -0.4 is 18.3 Å². The van der Waals surface area contributed by atoms with Gasteiger partial charge in [-0.25, -0.2) is 18.3 Å². The van der Waals surface area contributed by atoms with E-state index >= 15 is 0 Å². The SMILES string of the molecule is Cc1cc(-c2ccccc2C)[n+](C)cc1-c1ccccc1.Cc1ccc(-c2cc3c(c[n+]2C)CCC3)c(C)c1.Cc1ccc(-c2cc3c(c[n+]2C)CCCC3)c(C)c1.[2H]C([2H])([2H])c1ccc(-c2cc3c(c[n+]2C)C([2H])([2H])CC3([2H])[2H])c(C)c1. The molecule has 3 aliphatic carbocycles. The van der Waals surface area contributed by atoms with Crippen molar-refractivity contribution in [3.63, 3.8) is 0 Å². The number of nitrogens with zero attached hydrogens (tertiary/aromatic N) is 4. The number of aromatic nitrogens is 4. The van der Waals surface area contributed by atoms with E-state index in [1.807, 2.05) is 6.92 Å². The molecule has 0 aliphatic heterocycles. The lowest BCUT2D eigenvalue weighted by Gasteiger charge is -2.15. The van der Waals surface area contributed by atoms with E-state index in [9.17, 15) is 0 Å². The van der Waals surface area contributed by atoms with Crippen molar-refractivity contribution in [1.82, 2.24) is 0 Å². The van der Waals surface area contributed by atoms with Crippen LogP contribution in [0.5, 0.6) is 0 Å². The Hall–Kier alpha value is -7.30. The lowest BCUT2D eigenvalue weighted by atomic mass is 9.91. The summed E-state index contributed by atoms with van der Waals surface area (Å²) < 4.78 is 63.6. The van der Waals surface area contributed by atoms with Gasteiger partial charge in [-0.2, -0.15) is 0 Å². The molecule has 0 amide bonds. The second-order valence-corrected chi connectivity index (χ2v) is 21.5. The summed E-state index contributed by atoms with van der Waals surface area (Å²) >= 11 is 0. The summed E-state index contributed by atoms with van der Waals surface area (Å²) in [7, 11) is 8.24. The summed E-state index contributed by atoms with van der Waals surface area (Å²) in [6.45, 7) is 12.7. The number of aryl methyl sites for hydroxylation is 18. The standard InChI is InChI=1S/C20H20N.C18H22N.2C17H20N/c1-15-9-7-8-12-18(15)20-13-16(2)19(14-21(20)3)17-10-5-4-6-11-17;1-13-8-9-17(14(2)10-13)18-11-15-6-4-5-7-16(15)12-19(18)3;2*1-12-7-8-16(13(2)9-12)17-10-14-5-4-6-15(14)11-18(17)3/h4-14H,1-3H3;8-12H,4-7H2,1-3H3;2*7-11H,4-6H2,1-3H3/q4*+1/i;;1D3,5D2,6D2;. The molecule has 76 heavy (non-hydrogen) atoms. The first-order chi connectivity index (χ1) is 39.3. The normalized spacial score (nSPS) is 15.9. The first-order valence-corrected chi connectivity index (χ1v) is 27.3. The minimum atomic E-state index is -2.17. The van der Waals surface area contributed by atoms with Gasteiger partial charge in [-0.3, -0.25) is 0 Å². The van der Waals surface area contributed by atoms with Crippen LogP contribution in [0, 0.1) is 55.3 Å². The first kappa shape index (κ1) is 44.9. The van der Waals surface area contributed by atoms with E-state index < -0.39 is 19.6 Å². The van der Waals surface area contributed by atoms with Gasteiger partial charge in [0.1, 0.15) is 28.2 Å². The van der Waals surface area contributed by atoms with Crippen molar-refractivity contribution in [1.29, 1.82) is 0 Å². The Morgan fingerprint density at radius 3 is 1.29 bits per heavy atom. The van der Waals surface area contributed by atoms with E-state index in [0.29, 0.717) is 11.1 Å². The molecular weight excluding hydrogens is 921 g/mol. The van der Waals surface area contributed by atoms with Gasteiger partial charge in [0.25, 0.3) is 0 Å². The zero-order chi connectivity index (χ0) is 59.7. The topological polar surface area (TPSA) is 15.5 Å². The third-order valence-corrected chi connectivity index (χ3v) is 15.6. The van der Waals surface area contributed by atoms with Crippen LogP contribution in [0.3, 0.4) is 0 Å². The van der Waals surface area contributed by atoms with Crippen molar-refractivity contribution in [2.75, 3.05) is 0 Å². The molecule has 386 valence electrons. The molecule has 0 spiro atoms. The largest absolute Gasteiger partial charge is 0.212 e. The number of fused-ring (bicyclic) bond motifs is 3. The molecule has 9 aromatic rings. The molecule has 3 aliphatic rings. The summed E-state index contributed by atoms with van der Waals surface area (Å²) in [5, 5.41) is 0. The van der Waals surface area contributed by atoms with Crippen LogP contribution in [-0.2, 0) is 66.6 Å². The van der Waals surface area contributed by atoms with Crippen molar-refractivity contribution in [3.05, 3.63) is 236 Å². The molecule has 4 aromatic heterocycles. The Morgan fingerprint density at radius 1 is 0.329 bits per heavy atom. The molecule has 0 unspecified atom stereocenters. The third-order valence-electron chi connectivity index (χ3n) is 15.6. The monoisotopic (exact) mass is 1010 g/mol. The fraction of sp³-hybridized carbons (Fsp3) is 0.306. The van der Waals surface area contributed by atoms with Gasteiger partial charge in [-0.05, 0) is 194 Å². The zero-order valence-electron chi connectivity index (χ0n) is 54.0. The number of rotatable bonds is 5. The summed E-state index contributed by atoms with van der Waals surface area (Å²) in [5.74, 6) is 0. The average Bonchev–Trinajstić information content (AvgIpc) is 2.13. The Kier molecular flexibility index (Phi) is 14.0. The van der Waals surface area contributed by atoms with Crippen LogP contribution in [0.15, 0.2) is 158 Å². The maximum Gasteiger partial charge on any atom is 0.212 e. The fourth-order valence-corrected chi connectivity index (χ4v) is 11.4. The number of hydrogen-bond donors (Lipinski definition) is 0. The van der Waals surface area contributed by atoms with Crippen molar-refractivity contribution >= 4 is 0 Å². The van der Waals surface area contributed by atoms with Crippen LogP contribution in [0.1, 0.15) is 113 Å². The molecular formula is C72H82N4+4. The summed E-state index contributed by atoms with van der Waals surface area (Å²) in [4.78, 5) is 0. The van der Waals surface area contributed by atoms with E-state index in [1.54, 1.807) is 58.8 Å². The second-order valence-electron chi connectivity index (χ2n) is 21.5. The van der Waals surface area contributed by atoms with Crippen LogP contribution in [0.25, 0.3) is 56.2 Å². The van der Waals surface area contributed by atoms with Crippen molar-refractivity contribution < 1.29 is 27.9 Å². The summed E-state index contributed by atoms with van der Waals surface area (Å²) in [6.07, 6.45) is 13.9. The maximum atomic E-state index is 8.17. The maximum absolute atomic E-state index is 8.17. The highest BCUT2D eigenvalue weighted by Gasteiger charge is 2.23. The molecule has 0 saturated heterocycles. The van der Waals surface area contributed by atoms with E-state index in [1.165, 1.54) is 129 Å². The highest BCUT2D eigenvalue weighted by molar-refractivity contribution is 5.70. The number of hydrogen-bond acceptors (Lipinski definition) is 0. The van der Waals surface area contributed by atoms with E-state index in [0.717, 1.165) is 16.8 Å². The minimum Gasteiger partial charge on any atom is -0.201 e. The highest BCUT2D eigenvalue weighted by atomic mass is 14.9. The van der Waals surface area contributed by atoms with Crippen molar-refractivity contribution in [3.8, 4) is 56.2 Å². The van der Waals surface area contributed by atoms with Crippen molar-refractivity contribution in [2.45, 2.75) is 119 Å². The Balaban J connectivity index is 0.000000134. The Labute approximate surface area is 465 Å². The van der Waals surface area contributed by atoms with Gasteiger partial charge in [-0.15, -0.1) is 0 Å². The van der Waals surface area contributed by atoms with Crippen LogP contribution in [0.4, 0.5) is 0 Å². The molecule has 0 N–H and O–H groups in total. The molecule has 0 bridgehead atoms. The van der Waals surface area contributed by atoms with Gasteiger partial charge in [0.15, 0.2) is 24.8 Å². The van der Waals surface area contributed by atoms with Gasteiger partial charge < -0.3 is 0 Å². The van der Waals surface area contributed by atoms with Gasteiger partial charge in [0, 0.05) is 78.4 Å². The predicted octanol–water partition coefficient (Wildman–Crippen LogP) is 14.7. The number of benzene rings is 5. The lowest BCUT2D eigenvalue weighted by Crippen LogP contribution is -2.32. The zero-order valence-corrected chi connectivity index (χ0v) is 47.0. The smallest absolute Gasteiger partial charge is 0.201 e. The quantitative estimate of drug-likeness (QED) is 0.153. The van der Waals surface area contributed by atoms with Crippen LogP contribution in [0.2, 0.25) is 0 Å². The summed E-state index contributed by atoms with van der Waals surface area (Å²) in [6, 6.07) is 46.3. The van der Waals surface area contributed by atoms with Crippen LogP contribution >= 0.6 is 0 Å². The molecule has 12 rings (SSSR count). The highest BCUT2D eigenvalue weighted by Crippen LogP contribution is 2.31. The average molecular weight is 1010 g/mol. The third kappa shape index (κ3) is 12.2.